The molecule has 17 heteroatoms. The molecule has 44 heavy (non-hydrogen) atoms. The van der Waals surface area contributed by atoms with Gasteiger partial charge in [-0.3, -0.25) is 20.4 Å². The van der Waals surface area contributed by atoms with Crippen molar-refractivity contribution in [2.75, 3.05) is 44.3 Å². The monoisotopic (exact) mass is 688 g/mol. The van der Waals surface area contributed by atoms with Crippen LogP contribution < -0.4 is 11.1 Å². The summed E-state index contributed by atoms with van der Waals surface area (Å²) in [7, 11) is -3.26. The van der Waals surface area contributed by atoms with Gasteiger partial charge in [0.25, 0.3) is 5.91 Å². The third-order valence-electron chi connectivity index (χ3n) is 7.60. The third-order valence-corrected chi connectivity index (χ3v) is 8.90. The Morgan fingerprint density at radius 3 is 2.14 bits per heavy atom. The molecule has 3 aromatic rings. The fraction of sp³-hybridized carbons (Fsp3) is 0.333. The zero-order valence-corrected chi connectivity index (χ0v) is 26.9. The number of H-pyrrole nitrogens is 1. The summed E-state index contributed by atoms with van der Waals surface area (Å²) >= 11 is 0. The average Bonchev–Trinajstić information content (AvgIpc) is 3.60. The van der Waals surface area contributed by atoms with Crippen LogP contribution in [0.1, 0.15) is 34.2 Å². The van der Waals surface area contributed by atoms with Gasteiger partial charge in [0.15, 0.2) is 0 Å². The van der Waals surface area contributed by atoms with E-state index in [9.17, 15) is 18.0 Å². The molecule has 0 unspecified atom stereocenters. The molecular formula is C27H35Cl3N8O5S. The molecule has 3 heterocycles. The molecule has 0 saturated carbocycles. The summed E-state index contributed by atoms with van der Waals surface area (Å²) in [5, 5.41) is 18.9. The van der Waals surface area contributed by atoms with Crippen molar-refractivity contribution in [3.8, 4) is 11.3 Å². The van der Waals surface area contributed by atoms with Crippen molar-refractivity contribution in [1.29, 1.82) is 5.41 Å². The predicted molar refractivity (Wildman–Crippen MR) is 175 cm³/mol. The molecule has 2 amide bonds. The van der Waals surface area contributed by atoms with Crippen LogP contribution in [0.15, 0.2) is 54.7 Å². The number of aromatic nitrogens is 2. The molecule has 2 aliphatic rings. The Kier molecular flexibility index (Phi) is 12.6. The highest BCUT2D eigenvalue weighted by molar-refractivity contribution is 7.88. The molecule has 240 valence electrons. The van der Waals surface area contributed by atoms with Crippen LogP contribution >= 0.6 is 37.2 Å². The standard InChI is InChI=1S/C27H32N8O5S.3ClH/c1-41(39,40)34-12-10-33(11-13-34)21-14-23(35(16-21)26(36)19-4-2-18(3-5-19)24(28)29)25-30-15-22(32-25)17-6-8-20(9-7-17)31-27(37)38;;;/h2-9,15,21,23,31H,10-14,16H2,1H3,(H3,28,29)(H,30,32)(H,37,38);3*1H/t21-,23-;;;/m0.../s1. The van der Waals surface area contributed by atoms with Crippen molar-refractivity contribution in [2.45, 2.75) is 18.5 Å². The normalized spacial score (nSPS) is 18.8. The number of carboxylic acid groups (broad SMARTS) is 1. The molecule has 0 bridgehead atoms. The number of carbonyl (C=O) groups is 2. The van der Waals surface area contributed by atoms with E-state index in [2.05, 4.69) is 20.2 Å². The smallest absolute Gasteiger partial charge is 0.409 e. The SMILES string of the molecule is CS(=O)(=O)N1CCN([C@H]2C[C@@H](c3ncc(-c4ccc(NC(=O)O)cc4)[nH]3)N(C(=O)c3ccc(C(=N)N)cc3)C2)CC1.Cl.Cl.Cl. The number of halogens is 3. The number of anilines is 1. The maximum atomic E-state index is 13.8. The number of rotatable bonds is 7. The van der Waals surface area contributed by atoms with Crippen LogP contribution in [-0.2, 0) is 10.0 Å². The largest absolute Gasteiger partial charge is 0.465 e. The Bertz CT molecular complexity index is 1560. The van der Waals surface area contributed by atoms with Crippen molar-refractivity contribution < 1.29 is 23.1 Å². The minimum atomic E-state index is -3.26. The fourth-order valence-corrected chi connectivity index (χ4v) is 6.26. The minimum absolute atomic E-state index is 0. The zero-order chi connectivity index (χ0) is 29.3. The van der Waals surface area contributed by atoms with Crippen LogP contribution in [0.3, 0.4) is 0 Å². The fourth-order valence-electron chi connectivity index (χ4n) is 5.43. The molecule has 0 spiro atoms. The van der Waals surface area contributed by atoms with E-state index >= 15 is 0 Å². The number of hydrogen-bond acceptors (Lipinski definition) is 7. The molecule has 0 aliphatic carbocycles. The number of benzene rings is 2. The van der Waals surface area contributed by atoms with Gasteiger partial charge in [-0.1, -0.05) is 24.3 Å². The molecule has 2 saturated heterocycles. The number of nitrogens with one attached hydrogen (secondary N) is 3. The van der Waals surface area contributed by atoms with Crippen molar-refractivity contribution in [1.82, 2.24) is 24.1 Å². The molecule has 1 aromatic heterocycles. The highest BCUT2D eigenvalue weighted by atomic mass is 35.5. The second-order valence-electron chi connectivity index (χ2n) is 10.2. The summed E-state index contributed by atoms with van der Waals surface area (Å²) in [6.45, 7) is 2.39. The van der Waals surface area contributed by atoms with Gasteiger partial charge >= 0.3 is 6.09 Å². The summed E-state index contributed by atoms with van der Waals surface area (Å²) in [4.78, 5) is 36.7. The number of imidazole rings is 1. The van der Waals surface area contributed by atoms with Crippen molar-refractivity contribution in [3.63, 3.8) is 0 Å². The first-order valence-corrected chi connectivity index (χ1v) is 14.9. The molecule has 13 nitrogen and oxygen atoms in total. The zero-order valence-electron chi connectivity index (χ0n) is 23.7. The average molecular weight is 690 g/mol. The summed E-state index contributed by atoms with van der Waals surface area (Å²) in [5.41, 5.74) is 8.56. The van der Waals surface area contributed by atoms with E-state index < -0.39 is 16.1 Å². The predicted octanol–water partition coefficient (Wildman–Crippen LogP) is 3.25. The van der Waals surface area contributed by atoms with Crippen molar-refractivity contribution in [3.05, 3.63) is 71.7 Å². The van der Waals surface area contributed by atoms with Gasteiger partial charge in [-0.15, -0.1) is 37.2 Å². The number of carbonyl (C=O) groups excluding carboxylic acids is 1. The molecule has 6 N–H and O–H groups in total. The first-order valence-electron chi connectivity index (χ1n) is 13.1. The lowest BCUT2D eigenvalue weighted by atomic mass is 10.1. The number of nitrogens with zero attached hydrogens (tertiary/aromatic N) is 4. The van der Waals surface area contributed by atoms with E-state index in [1.54, 1.807) is 59.6 Å². The van der Waals surface area contributed by atoms with Gasteiger partial charge in [0.1, 0.15) is 11.7 Å². The second kappa shape index (κ2) is 15.1. The number of sulfonamides is 1. The van der Waals surface area contributed by atoms with Crippen LogP contribution in [0.5, 0.6) is 0 Å². The van der Waals surface area contributed by atoms with Gasteiger partial charge < -0.3 is 20.7 Å². The molecule has 0 radical (unpaired) electrons. The van der Waals surface area contributed by atoms with Crippen LogP contribution in [0, 0.1) is 5.41 Å². The van der Waals surface area contributed by atoms with E-state index in [1.807, 2.05) is 0 Å². The summed E-state index contributed by atoms with van der Waals surface area (Å²) in [5.74, 6) is 0.370. The maximum absolute atomic E-state index is 13.8. The van der Waals surface area contributed by atoms with Gasteiger partial charge in [0.05, 0.1) is 24.2 Å². The Hall–Kier alpha value is -3.40. The highest BCUT2D eigenvalue weighted by Crippen LogP contribution is 2.36. The van der Waals surface area contributed by atoms with E-state index in [0.717, 1.165) is 11.3 Å². The third kappa shape index (κ3) is 8.20. The second-order valence-corrected chi connectivity index (χ2v) is 12.2. The van der Waals surface area contributed by atoms with Crippen LogP contribution in [0.2, 0.25) is 0 Å². The number of likely N-dealkylation sites (tertiary alicyclic amines) is 1. The topological polar surface area (TPSA) is 189 Å². The van der Waals surface area contributed by atoms with E-state index in [1.165, 1.54) is 10.6 Å². The van der Waals surface area contributed by atoms with Crippen molar-refractivity contribution in [2.24, 2.45) is 5.73 Å². The van der Waals surface area contributed by atoms with E-state index in [4.69, 9.17) is 16.2 Å². The first-order chi connectivity index (χ1) is 19.5. The van der Waals surface area contributed by atoms with E-state index in [-0.39, 0.29) is 61.0 Å². The van der Waals surface area contributed by atoms with Gasteiger partial charge in [0.2, 0.25) is 10.0 Å². The van der Waals surface area contributed by atoms with Crippen LogP contribution in [0.25, 0.3) is 11.3 Å². The number of amidine groups is 1. The number of nitrogen functional groups attached to an aromatic ring is 1. The summed E-state index contributed by atoms with van der Waals surface area (Å²) in [6.07, 6.45) is 2.38. The number of amides is 2. The lowest BCUT2D eigenvalue weighted by molar-refractivity contribution is 0.0713. The quantitative estimate of drug-likeness (QED) is 0.185. The number of aromatic amines is 1. The molecular weight excluding hydrogens is 655 g/mol. The van der Waals surface area contributed by atoms with Gasteiger partial charge in [-0.05, 0) is 36.2 Å². The van der Waals surface area contributed by atoms with Crippen LogP contribution in [-0.4, -0.2) is 100 Å². The Morgan fingerprint density at radius 2 is 1.59 bits per heavy atom. The number of hydrogen-bond donors (Lipinski definition) is 5. The van der Waals surface area contributed by atoms with Gasteiger partial charge in [-0.25, -0.2) is 18.2 Å². The molecule has 2 fully saturated rings. The Labute approximate surface area is 274 Å². The molecule has 5 rings (SSSR count). The maximum Gasteiger partial charge on any atom is 0.409 e. The molecule has 2 atom stereocenters. The molecule has 2 aromatic carbocycles. The van der Waals surface area contributed by atoms with Gasteiger partial charge in [-0.2, -0.15) is 4.31 Å². The number of nitrogens with two attached hydrogens (primary N) is 1. The van der Waals surface area contributed by atoms with Gasteiger partial charge in [0, 0.05) is 55.6 Å². The summed E-state index contributed by atoms with van der Waals surface area (Å²) < 4.78 is 25.5. The van der Waals surface area contributed by atoms with E-state index in [0.29, 0.717) is 61.8 Å². The minimum Gasteiger partial charge on any atom is -0.465 e. The van der Waals surface area contributed by atoms with Crippen molar-refractivity contribution >= 4 is 70.8 Å². The Balaban J connectivity index is 0.00000225. The Morgan fingerprint density at radius 1 is 1.00 bits per heavy atom. The number of piperazine rings is 1. The summed E-state index contributed by atoms with van der Waals surface area (Å²) in [6, 6.07) is 13.2. The first kappa shape index (κ1) is 36.8. The lowest BCUT2D eigenvalue weighted by Gasteiger charge is -2.36. The highest BCUT2D eigenvalue weighted by Gasteiger charge is 2.41. The molecule has 2 aliphatic heterocycles. The lowest BCUT2D eigenvalue weighted by Crippen LogP contribution is -2.52. The van der Waals surface area contributed by atoms with Crippen LogP contribution in [0.4, 0.5) is 10.5 Å².